The maximum atomic E-state index is 13.2. The van der Waals surface area contributed by atoms with Crippen LogP contribution < -0.4 is 10.2 Å². The molecule has 0 spiro atoms. The van der Waals surface area contributed by atoms with E-state index in [4.69, 9.17) is 14.8 Å². The highest BCUT2D eigenvalue weighted by Crippen LogP contribution is 2.12. The lowest BCUT2D eigenvalue weighted by Gasteiger charge is -2.08. The normalized spacial score (nSPS) is 10.4. The van der Waals surface area contributed by atoms with Crippen LogP contribution in [-0.4, -0.2) is 23.8 Å². The molecule has 0 aliphatic carbocycles. The molecular weight excluding hydrogens is 234 g/mol. The van der Waals surface area contributed by atoms with E-state index in [0.717, 1.165) is 18.9 Å². The molecule has 0 bridgehead atoms. The average molecular weight is 254 g/mol. The zero-order valence-corrected chi connectivity index (χ0v) is 10.7. The van der Waals surface area contributed by atoms with E-state index >= 15 is 0 Å². The van der Waals surface area contributed by atoms with E-state index in [1.165, 1.54) is 31.4 Å². The zero-order valence-electron chi connectivity index (χ0n) is 10.7. The van der Waals surface area contributed by atoms with Crippen LogP contribution in [0.2, 0.25) is 0 Å². The Labute approximate surface area is 108 Å². The number of unbranched alkanes of at least 4 members (excludes halogenated alkanes) is 4. The Morgan fingerprint density at radius 1 is 1.11 bits per heavy atom. The molecule has 0 radical (unpaired) electrons. The van der Waals surface area contributed by atoms with Crippen LogP contribution in [0.1, 0.15) is 39.0 Å². The highest BCUT2D eigenvalue weighted by atomic mass is 19.1. The Hall–Kier alpha value is -1.07. The molecule has 0 saturated carbocycles. The first kappa shape index (κ1) is 15.0. The second-order valence-corrected chi connectivity index (χ2v) is 4.36. The summed E-state index contributed by atoms with van der Waals surface area (Å²) >= 11 is 0. The van der Waals surface area contributed by atoms with Gasteiger partial charge in [0.05, 0.1) is 6.61 Å². The van der Waals surface area contributed by atoms with Crippen molar-refractivity contribution in [1.82, 2.24) is 0 Å². The molecule has 1 aromatic rings. The molecule has 100 valence electrons. The van der Waals surface area contributed by atoms with Crippen LogP contribution >= 0.6 is 0 Å². The van der Waals surface area contributed by atoms with Crippen molar-refractivity contribution in [2.45, 2.75) is 39.0 Å². The van der Waals surface area contributed by atoms with Crippen LogP contribution in [0.5, 0.6) is 5.75 Å². The summed E-state index contributed by atoms with van der Waals surface area (Å²) in [6.07, 6.45) is 5.62. The van der Waals surface area contributed by atoms with Crippen molar-refractivity contribution in [2.75, 3.05) is 6.61 Å². The number of rotatable bonds is 8. The van der Waals surface area contributed by atoms with Crippen molar-refractivity contribution in [2.24, 2.45) is 0 Å². The molecule has 3 nitrogen and oxygen atoms in total. The first-order valence-corrected chi connectivity index (χ1v) is 6.43. The lowest BCUT2D eigenvalue weighted by atomic mass is 9.80. The third-order valence-electron chi connectivity index (χ3n) is 2.71. The van der Waals surface area contributed by atoms with E-state index in [1.807, 2.05) is 0 Å². The molecule has 0 atom stereocenters. The average Bonchev–Trinajstić information content (AvgIpc) is 2.33. The van der Waals surface area contributed by atoms with Crippen molar-refractivity contribution in [3.8, 4) is 5.75 Å². The molecule has 18 heavy (non-hydrogen) atoms. The van der Waals surface area contributed by atoms with Gasteiger partial charge in [0, 0.05) is 6.07 Å². The number of hydrogen-bond acceptors (Lipinski definition) is 3. The number of hydrogen-bond donors (Lipinski definition) is 2. The molecule has 5 heteroatoms. The Kier molecular flexibility index (Phi) is 6.76. The Morgan fingerprint density at radius 2 is 1.83 bits per heavy atom. The van der Waals surface area contributed by atoms with Gasteiger partial charge in [-0.3, -0.25) is 0 Å². The summed E-state index contributed by atoms with van der Waals surface area (Å²) in [5.41, 5.74) is 0.107. The second-order valence-electron chi connectivity index (χ2n) is 4.36. The topological polar surface area (TPSA) is 49.7 Å². The predicted octanol–water partition coefficient (Wildman–Crippen LogP) is 1.85. The molecule has 0 amide bonds. The fourth-order valence-electron chi connectivity index (χ4n) is 1.71. The summed E-state index contributed by atoms with van der Waals surface area (Å²) in [7, 11) is -1.67. The van der Waals surface area contributed by atoms with E-state index in [9.17, 15) is 4.39 Å². The van der Waals surface area contributed by atoms with Gasteiger partial charge in [-0.05, 0) is 24.0 Å². The van der Waals surface area contributed by atoms with Gasteiger partial charge in [-0.2, -0.15) is 0 Å². The number of ether oxygens (including phenoxy) is 1. The SMILES string of the molecule is CCCCCCCOc1cc(F)cc(B(O)O)c1. The van der Waals surface area contributed by atoms with Crippen molar-refractivity contribution >= 4 is 12.6 Å². The van der Waals surface area contributed by atoms with Crippen LogP contribution in [0, 0.1) is 5.82 Å². The van der Waals surface area contributed by atoms with E-state index in [0.29, 0.717) is 12.4 Å². The minimum Gasteiger partial charge on any atom is -0.494 e. The molecule has 1 aromatic carbocycles. The minimum atomic E-state index is -1.67. The van der Waals surface area contributed by atoms with Gasteiger partial charge >= 0.3 is 7.12 Å². The molecule has 0 aliphatic rings. The summed E-state index contributed by atoms with van der Waals surface area (Å²) in [6.45, 7) is 2.68. The molecule has 0 unspecified atom stereocenters. The Balaban J connectivity index is 2.37. The van der Waals surface area contributed by atoms with Gasteiger partial charge < -0.3 is 14.8 Å². The molecule has 0 heterocycles. The fraction of sp³-hybridized carbons (Fsp3) is 0.538. The predicted molar refractivity (Wildman–Crippen MR) is 70.5 cm³/mol. The molecule has 0 fully saturated rings. The standard InChI is InChI=1S/C13H20BFO3/c1-2-3-4-5-6-7-18-13-9-11(14(16)17)8-12(15)10-13/h8-10,16-17H,2-7H2,1H3. The highest BCUT2D eigenvalue weighted by molar-refractivity contribution is 6.58. The largest absolute Gasteiger partial charge is 0.494 e. The van der Waals surface area contributed by atoms with Crippen LogP contribution in [0.3, 0.4) is 0 Å². The number of halogens is 1. The quantitative estimate of drug-likeness (QED) is 0.550. The summed E-state index contributed by atoms with van der Waals surface area (Å²) in [4.78, 5) is 0. The van der Waals surface area contributed by atoms with Gasteiger partial charge in [-0.15, -0.1) is 0 Å². The lowest BCUT2D eigenvalue weighted by Crippen LogP contribution is -2.30. The molecular formula is C13H20BFO3. The Bertz CT molecular complexity index is 358. The van der Waals surface area contributed by atoms with Crippen molar-refractivity contribution in [1.29, 1.82) is 0 Å². The van der Waals surface area contributed by atoms with E-state index in [1.54, 1.807) is 0 Å². The number of benzene rings is 1. The van der Waals surface area contributed by atoms with E-state index < -0.39 is 12.9 Å². The van der Waals surface area contributed by atoms with Crippen molar-refractivity contribution in [3.63, 3.8) is 0 Å². The second kappa shape index (κ2) is 8.11. The van der Waals surface area contributed by atoms with Crippen LogP contribution in [0.15, 0.2) is 18.2 Å². The molecule has 0 saturated heterocycles. The Morgan fingerprint density at radius 3 is 2.50 bits per heavy atom. The van der Waals surface area contributed by atoms with Crippen molar-refractivity contribution < 1.29 is 19.2 Å². The minimum absolute atomic E-state index is 0.107. The molecule has 2 N–H and O–H groups in total. The highest BCUT2D eigenvalue weighted by Gasteiger charge is 2.13. The van der Waals surface area contributed by atoms with Gasteiger partial charge in [0.2, 0.25) is 0 Å². The third-order valence-corrected chi connectivity index (χ3v) is 2.71. The van der Waals surface area contributed by atoms with Crippen LogP contribution in [0.4, 0.5) is 4.39 Å². The first-order valence-electron chi connectivity index (χ1n) is 6.43. The molecule has 1 rings (SSSR count). The first-order chi connectivity index (χ1) is 8.63. The van der Waals surface area contributed by atoms with Crippen molar-refractivity contribution in [3.05, 3.63) is 24.0 Å². The molecule has 0 aliphatic heterocycles. The monoisotopic (exact) mass is 254 g/mol. The van der Waals surface area contributed by atoms with Gasteiger partial charge in [-0.25, -0.2) is 4.39 Å². The third kappa shape index (κ3) is 5.51. The fourth-order valence-corrected chi connectivity index (χ4v) is 1.71. The molecule has 0 aromatic heterocycles. The zero-order chi connectivity index (χ0) is 13.4. The maximum absolute atomic E-state index is 13.2. The smallest absolute Gasteiger partial charge is 0.488 e. The van der Waals surface area contributed by atoms with E-state index in [-0.39, 0.29) is 5.46 Å². The lowest BCUT2D eigenvalue weighted by molar-refractivity contribution is 0.303. The van der Waals surface area contributed by atoms with Gasteiger partial charge in [-0.1, -0.05) is 32.6 Å². The summed E-state index contributed by atoms with van der Waals surface area (Å²) in [6, 6.07) is 3.77. The maximum Gasteiger partial charge on any atom is 0.488 e. The van der Waals surface area contributed by atoms with Gasteiger partial charge in [0.15, 0.2) is 0 Å². The summed E-state index contributed by atoms with van der Waals surface area (Å²) in [5.74, 6) is -0.185. The van der Waals surface area contributed by atoms with Crippen LogP contribution in [0.25, 0.3) is 0 Å². The summed E-state index contributed by atoms with van der Waals surface area (Å²) in [5, 5.41) is 17.9. The van der Waals surface area contributed by atoms with Gasteiger partial charge in [0.1, 0.15) is 11.6 Å². The van der Waals surface area contributed by atoms with Gasteiger partial charge in [0.25, 0.3) is 0 Å². The summed E-state index contributed by atoms with van der Waals surface area (Å²) < 4.78 is 18.6. The van der Waals surface area contributed by atoms with Crippen LogP contribution in [-0.2, 0) is 0 Å². The van der Waals surface area contributed by atoms with E-state index in [2.05, 4.69) is 6.92 Å².